The molecule has 0 aromatic heterocycles. The lowest BCUT2D eigenvalue weighted by atomic mass is 9.57. The van der Waals surface area contributed by atoms with E-state index in [0.29, 0.717) is 12.5 Å². The molecule has 0 spiro atoms. The van der Waals surface area contributed by atoms with Crippen molar-refractivity contribution in [2.45, 2.75) is 51.9 Å². The van der Waals surface area contributed by atoms with Crippen LogP contribution in [0, 0.1) is 11.3 Å². The van der Waals surface area contributed by atoms with Gasteiger partial charge in [0.2, 0.25) is 0 Å². The van der Waals surface area contributed by atoms with Gasteiger partial charge in [-0.25, -0.2) is 0 Å². The van der Waals surface area contributed by atoms with Crippen molar-refractivity contribution in [2.24, 2.45) is 11.3 Å². The van der Waals surface area contributed by atoms with Gasteiger partial charge in [-0.1, -0.05) is 12.8 Å². The van der Waals surface area contributed by atoms with E-state index in [1.165, 1.54) is 43.7 Å². The number of benzene rings is 1. The van der Waals surface area contributed by atoms with E-state index in [1.807, 2.05) is 6.07 Å². The summed E-state index contributed by atoms with van der Waals surface area (Å²) in [6.07, 6.45) is 8.09. The second kappa shape index (κ2) is 7.04. The second-order valence-corrected chi connectivity index (χ2v) is 7.24. The molecule has 1 fully saturated rings. The number of carbonyl (C=O) groups excluding carboxylic acids is 1. The summed E-state index contributed by atoms with van der Waals surface area (Å²) in [5.74, 6) is 2.27. The second-order valence-electron chi connectivity index (χ2n) is 7.24. The average Bonchev–Trinajstić information content (AvgIpc) is 2.58. The van der Waals surface area contributed by atoms with E-state index < -0.39 is 0 Å². The van der Waals surface area contributed by atoms with Crippen LogP contribution in [0.1, 0.15) is 50.2 Å². The Kier molecular flexibility index (Phi) is 5.02. The molecule has 24 heavy (non-hydrogen) atoms. The Morgan fingerprint density at radius 3 is 2.79 bits per heavy atom. The third kappa shape index (κ3) is 3.24. The minimum Gasteiger partial charge on any atom is -0.497 e. The molecule has 0 N–H and O–H groups in total. The van der Waals surface area contributed by atoms with E-state index in [9.17, 15) is 4.79 Å². The number of fused-ring (bicyclic) bond motifs is 2. The first-order valence-electron chi connectivity index (χ1n) is 8.95. The number of ether oxygens (including phenoxy) is 3. The summed E-state index contributed by atoms with van der Waals surface area (Å²) < 4.78 is 16.4. The first-order chi connectivity index (χ1) is 11.6. The molecule has 0 heterocycles. The van der Waals surface area contributed by atoms with Gasteiger partial charge in [0.05, 0.1) is 20.8 Å². The van der Waals surface area contributed by atoms with E-state index in [1.54, 1.807) is 14.2 Å². The Morgan fingerprint density at radius 2 is 2.08 bits per heavy atom. The maximum atomic E-state index is 11.2. The molecule has 1 saturated carbocycles. The van der Waals surface area contributed by atoms with Crippen LogP contribution in [0.3, 0.4) is 0 Å². The standard InChI is InChI=1S/C20H28O4/c1-14(21)24-9-8-20-7-5-4-6-16(20)11-18-15(13-20)10-17(22-2)12-19(18)23-3/h10,12,16H,4-9,11,13H2,1-3H3/t16-,20+/m1/s1. The number of carbonyl (C=O) groups is 1. The van der Waals surface area contributed by atoms with Gasteiger partial charge in [0.1, 0.15) is 11.5 Å². The molecule has 1 aromatic carbocycles. The smallest absolute Gasteiger partial charge is 0.302 e. The van der Waals surface area contributed by atoms with E-state index in [2.05, 4.69) is 6.07 Å². The molecule has 2 atom stereocenters. The minimum absolute atomic E-state index is 0.182. The number of methoxy groups -OCH3 is 2. The van der Waals surface area contributed by atoms with Gasteiger partial charge in [-0.15, -0.1) is 0 Å². The van der Waals surface area contributed by atoms with Crippen LogP contribution >= 0.6 is 0 Å². The first-order valence-corrected chi connectivity index (χ1v) is 8.95. The SMILES string of the molecule is COc1cc2c(c(OC)c1)C[C@H]1CCCC[C@]1(CCOC(C)=O)C2. The lowest BCUT2D eigenvalue weighted by Gasteiger charge is -2.48. The van der Waals surface area contributed by atoms with E-state index in [0.717, 1.165) is 30.8 Å². The highest BCUT2D eigenvalue weighted by atomic mass is 16.5. The zero-order valence-corrected chi connectivity index (χ0v) is 15.0. The lowest BCUT2D eigenvalue weighted by molar-refractivity contribution is -0.142. The van der Waals surface area contributed by atoms with Crippen molar-refractivity contribution in [3.05, 3.63) is 23.3 Å². The predicted molar refractivity (Wildman–Crippen MR) is 92.6 cm³/mol. The number of esters is 1. The van der Waals surface area contributed by atoms with Crippen LogP contribution in [0.15, 0.2) is 12.1 Å². The molecule has 2 aliphatic rings. The number of hydrogen-bond donors (Lipinski definition) is 0. The lowest BCUT2D eigenvalue weighted by Crippen LogP contribution is -2.41. The van der Waals surface area contributed by atoms with Crippen molar-refractivity contribution >= 4 is 5.97 Å². The maximum Gasteiger partial charge on any atom is 0.302 e. The zero-order valence-electron chi connectivity index (χ0n) is 15.0. The summed E-state index contributed by atoms with van der Waals surface area (Å²) in [5, 5.41) is 0. The molecule has 4 nitrogen and oxygen atoms in total. The van der Waals surface area contributed by atoms with Gasteiger partial charge in [0, 0.05) is 13.0 Å². The van der Waals surface area contributed by atoms with Crippen LogP contribution < -0.4 is 9.47 Å². The largest absolute Gasteiger partial charge is 0.497 e. The Bertz CT molecular complexity index is 610. The van der Waals surface area contributed by atoms with Crippen molar-refractivity contribution in [1.82, 2.24) is 0 Å². The van der Waals surface area contributed by atoms with Gasteiger partial charge in [-0.2, -0.15) is 0 Å². The maximum absolute atomic E-state index is 11.2. The molecule has 2 aliphatic carbocycles. The summed E-state index contributed by atoms with van der Waals surface area (Å²) in [7, 11) is 3.43. The predicted octanol–water partition coefficient (Wildman–Crippen LogP) is 3.93. The number of hydrogen-bond acceptors (Lipinski definition) is 4. The summed E-state index contributed by atoms with van der Waals surface area (Å²) in [6, 6.07) is 4.16. The highest BCUT2D eigenvalue weighted by molar-refractivity contribution is 5.65. The van der Waals surface area contributed by atoms with Crippen LogP contribution in [0.4, 0.5) is 0 Å². The normalized spacial score (nSPS) is 25.4. The van der Waals surface area contributed by atoms with Crippen molar-refractivity contribution < 1.29 is 19.0 Å². The fourth-order valence-electron chi connectivity index (χ4n) is 4.74. The molecule has 0 aliphatic heterocycles. The Morgan fingerprint density at radius 1 is 1.25 bits per heavy atom. The highest BCUT2D eigenvalue weighted by Crippen LogP contribution is 2.53. The molecule has 3 rings (SSSR count). The van der Waals surface area contributed by atoms with Crippen LogP contribution in [0.25, 0.3) is 0 Å². The van der Waals surface area contributed by atoms with Crippen LogP contribution in [-0.2, 0) is 22.4 Å². The van der Waals surface area contributed by atoms with E-state index in [4.69, 9.17) is 14.2 Å². The van der Waals surface area contributed by atoms with E-state index in [-0.39, 0.29) is 11.4 Å². The summed E-state index contributed by atoms with van der Waals surface area (Å²) >= 11 is 0. The van der Waals surface area contributed by atoms with Crippen molar-refractivity contribution in [3.63, 3.8) is 0 Å². The van der Waals surface area contributed by atoms with Crippen molar-refractivity contribution in [3.8, 4) is 11.5 Å². The molecule has 4 heteroatoms. The highest BCUT2D eigenvalue weighted by Gasteiger charge is 2.44. The quantitative estimate of drug-likeness (QED) is 0.766. The minimum atomic E-state index is -0.182. The van der Waals surface area contributed by atoms with Gasteiger partial charge >= 0.3 is 5.97 Å². The Balaban J connectivity index is 1.91. The molecular weight excluding hydrogens is 304 g/mol. The summed E-state index contributed by atoms with van der Waals surface area (Å²) in [6.45, 7) is 2.02. The van der Waals surface area contributed by atoms with E-state index >= 15 is 0 Å². The van der Waals surface area contributed by atoms with Gasteiger partial charge in [0.15, 0.2) is 0 Å². The monoisotopic (exact) mass is 332 g/mol. The molecule has 0 amide bonds. The van der Waals surface area contributed by atoms with Crippen molar-refractivity contribution in [2.75, 3.05) is 20.8 Å². The molecule has 132 valence electrons. The third-order valence-corrected chi connectivity index (χ3v) is 5.97. The zero-order chi connectivity index (χ0) is 17.2. The van der Waals surface area contributed by atoms with Crippen LogP contribution in [0.5, 0.6) is 11.5 Å². The fourth-order valence-corrected chi connectivity index (χ4v) is 4.74. The number of rotatable bonds is 5. The average molecular weight is 332 g/mol. The van der Waals surface area contributed by atoms with Gasteiger partial charge in [-0.3, -0.25) is 4.79 Å². The molecule has 0 bridgehead atoms. The Labute approximate surface area is 144 Å². The molecule has 1 aromatic rings. The van der Waals surface area contributed by atoms with Crippen molar-refractivity contribution in [1.29, 1.82) is 0 Å². The molecule has 0 unspecified atom stereocenters. The third-order valence-electron chi connectivity index (χ3n) is 5.97. The first kappa shape index (κ1) is 17.1. The van der Waals surface area contributed by atoms with Gasteiger partial charge in [0.25, 0.3) is 0 Å². The Hall–Kier alpha value is -1.71. The summed E-state index contributed by atoms with van der Waals surface area (Å²) in [4.78, 5) is 11.2. The van der Waals surface area contributed by atoms with Crippen LogP contribution in [0.2, 0.25) is 0 Å². The molecule has 0 saturated heterocycles. The fraction of sp³-hybridized carbons (Fsp3) is 0.650. The topological polar surface area (TPSA) is 44.8 Å². The van der Waals surface area contributed by atoms with Gasteiger partial charge < -0.3 is 14.2 Å². The van der Waals surface area contributed by atoms with Gasteiger partial charge in [-0.05, 0) is 60.6 Å². The molecular formula is C20H28O4. The molecule has 0 radical (unpaired) electrons. The van der Waals surface area contributed by atoms with Crippen LogP contribution in [-0.4, -0.2) is 26.8 Å². The summed E-state index contributed by atoms with van der Waals surface area (Å²) in [5.41, 5.74) is 2.93.